The minimum absolute atomic E-state index is 0.106. The molecule has 0 aromatic heterocycles. The van der Waals surface area contributed by atoms with Gasteiger partial charge in [-0.3, -0.25) is 0 Å². The van der Waals surface area contributed by atoms with E-state index in [0.29, 0.717) is 0 Å². The Labute approximate surface area is 92.6 Å². The molecule has 86 valence electrons. The van der Waals surface area contributed by atoms with E-state index >= 15 is 0 Å². The maximum Gasteiger partial charge on any atom is 0.162 e. The lowest BCUT2D eigenvalue weighted by Crippen LogP contribution is -2.21. The van der Waals surface area contributed by atoms with Crippen molar-refractivity contribution in [1.82, 2.24) is 0 Å². The number of hydrogen-bond donors (Lipinski definition) is 0. The zero-order valence-corrected chi connectivity index (χ0v) is 12.0. The van der Waals surface area contributed by atoms with Gasteiger partial charge in [0.05, 0.1) is 0 Å². The minimum Gasteiger partial charge on any atom is -0.419 e. The van der Waals surface area contributed by atoms with E-state index < -0.39 is 0 Å². The maximum absolute atomic E-state index is 5.80. The molecule has 0 aromatic carbocycles. The van der Waals surface area contributed by atoms with E-state index in [-0.39, 0.29) is 15.4 Å². The van der Waals surface area contributed by atoms with Crippen molar-refractivity contribution in [2.75, 3.05) is 0 Å². The van der Waals surface area contributed by atoms with Crippen molar-refractivity contribution >= 4 is 9.76 Å². The van der Waals surface area contributed by atoms with Gasteiger partial charge in [-0.1, -0.05) is 45.4 Å². The van der Waals surface area contributed by atoms with Gasteiger partial charge in [-0.25, -0.2) is 0 Å². The van der Waals surface area contributed by atoms with Crippen LogP contribution in [0.2, 0.25) is 6.04 Å². The summed E-state index contributed by atoms with van der Waals surface area (Å²) in [5, 5.41) is 0. The molecule has 14 heavy (non-hydrogen) atoms. The lowest BCUT2D eigenvalue weighted by Gasteiger charge is -2.19. The highest BCUT2D eigenvalue weighted by atomic mass is 28.2. The predicted molar refractivity (Wildman–Crippen MR) is 67.6 cm³/mol. The van der Waals surface area contributed by atoms with Crippen LogP contribution in [-0.4, -0.2) is 15.4 Å². The smallest absolute Gasteiger partial charge is 0.162 e. The van der Waals surface area contributed by atoms with E-state index in [2.05, 4.69) is 27.7 Å². The van der Waals surface area contributed by atoms with Crippen LogP contribution in [0.5, 0.6) is 0 Å². The van der Waals surface area contributed by atoms with Gasteiger partial charge in [-0.05, 0) is 26.8 Å². The molecule has 0 radical (unpaired) electrons. The van der Waals surface area contributed by atoms with Crippen LogP contribution in [0, 0.1) is 0 Å². The van der Waals surface area contributed by atoms with E-state index in [0.717, 1.165) is 0 Å². The van der Waals surface area contributed by atoms with E-state index in [1.165, 1.54) is 44.6 Å². The Morgan fingerprint density at radius 1 is 0.929 bits per heavy atom. The monoisotopic (exact) mass is 216 g/mol. The summed E-state index contributed by atoms with van der Waals surface area (Å²) in [5.74, 6) is 0. The summed E-state index contributed by atoms with van der Waals surface area (Å²) < 4.78 is 5.80. The Morgan fingerprint density at radius 3 is 2.07 bits per heavy atom. The maximum atomic E-state index is 5.80. The largest absolute Gasteiger partial charge is 0.419 e. The van der Waals surface area contributed by atoms with Crippen molar-refractivity contribution in [2.24, 2.45) is 0 Å². The van der Waals surface area contributed by atoms with Crippen molar-refractivity contribution in [2.45, 2.75) is 77.9 Å². The fraction of sp³-hybridized carbons (Fsp3) is 1.00. The van der Waals surface area contributed by atoms with Crippen LogP contribution in [0.3, 0.4) is 0 Å². The van der Waals surface area contributed by atoms with Gasteiger partial charge in [0.1, 0.15) is 0 Å². The highest BCUT2D eigenvalue weighted by molar-refractivity contribution is 6.27. The second kappa shape index (κ2) is 8.48. The first-order chi connectivity index (χ1) is 6.56. The van der Waals surface area contributed by atoms with Crippen LogP contribution >= 0.6 is 0 Å². The standard InChI is InChI=1S/C12H28OSi/c1-5-6-7-8-9-10-11-14-13-12(2,3)4/h5-11,14H2,1-4H3. The van der Waals surface area contributed by atoms with Gasteiger partial charge in [0.2, 0.25) is 0 Å². The summed E-state index contributed by atoms with van der Waals surface area (Å²) in [6.07, 6.45) is 8.43. The summed E-state index contributed by atoms with van der Waals surface area (Å²) in [6, 6.07) is 1.36. The van der Waals surface area contributed by atoms with Crippen LogP contribution in [0.15, 0.2) is 0 Å². The van der Waals surface area contributed by atoms with Crippen molar-refractivity contribution in [3.63, 3.8) is 0 Å². The Balaban J connectivity index is 2.99. The van der Waals surface area contributed by atoms with E-state index in [1.54, 1.807) is 0 Å². The predicted octanol–water partition coefficient (Wildman–Crippen LogP) is 3.66. The summed E-state index contributed by atoms with van der Waals surface area (Å²) in [4.78, 5) is 0. The molecule has 0 atom stereocenters. The van der Waals surface area contributed by atoms with Gasteiger partial charge in [0.25, 0.3) is 0 Å². The fourth-order valence-electron chi connectivity index (χ4n) is 1.44. The molecule has 0 saturated heterocycles. The second-order valence-corrected chi connectivity index (χ2v) is 6.49. The van der Waals surface area contributed by atoms with Crippen LogP contribution in [0.1, 0.15) is 66.2 Å². The molecule has 0 spiro atoms. The highest BCUT2D eigenvalue weighted by Gasteiger charge is 2.08. The molecule has 1 nitrogen and oxygen atoms in total. The van der Waals surface area contributed by atoms with E-state index in [1.807, 2.05) is 0 Å². The molecule has 0 heterocycles. The van der Waals surface area contributed by atoms with E-state index in [9.17, 15) is 0 Å². The third-order valence-corrected chi connectivity index (χ3v) is 4.14. The van der Waals surface area contributed by atoms with Crippen LogP contribution in [0.25, 0.3) is 0 Å². The SMILES string of the molecule is CCCCCCCC[SiH2]OC(C)(C)C. The average Bonchev–Trinajstić information content (AvgIpc) is 2.08. The van der Waals surface area contributed by atoms with E-state index in [4.69, 9.17) is 4.43 Å². The zero-order chi connectivity index (χ0) is 10.9. The van der Waals surface area contributed by atoms with Crippen molar-refractivity contribution in [1.29, 1.82) is 0 Å². The lowest BCUT2D eigenvalue weighted by atomic mass is 10.1. The summed E-state index contributed by atoms with van der Waals surface area (Å²) >= 11 is 0. The summed E-state index contributed by atoms with van der Waals surface area (Å²) in [7, 11) is -0.232. The highest BCUT2D eigenvalue weighted by Crippen LogP contribution is 2.10. The molecule has 0 aromatic rings. The summed E-state index contributed by atoms with van der Waals surface area (Å²) in [6.45, 7) is 8.73. The molecule has 0 fully saturated rings. The Kier molecular flexibility index (Phi) is 8.59. The molecular weight excluding hydrogens is 188 g/mol. The van der Waals surface area contributed by atoms with Crippen molar-refractivity contribution in [3.05, 3.63) is 0 Å². The quantitative estimate of drug-likeness (QED) is 0.444. The molecule has 0 amide bonds. The van der Waals surface area contributed by atoms with Crippen LogP contribution in [0.4, 0.5) is 0 Å². The fourth-order valence-corrected chi connectivity index (χ4v) is 2.75. The van der Waals surface area contributed by atoms with Gasteiger partial charge >= 0.3 is 0 Å². The van der Waals surface area contributed by atoms with Crippen LogP contribution in [-0.2, 0) is 4.43 Å². The first kappa shape index (κ1) is 14.2. The summed E-state index contributed by atoms with van der Waals surface area (Å²) in [5.41, 5.74) is 0.106. The molecule has 0 N–H and O–H groups in total. The Morgan fingerprint density at radius 2 is 1.50 bits per heavy atom. The normalized spacial score (nSPS) is 12.9. The van der Waals surface area contributed by atoms with Crippen LogP contribution < -0.4 is 0 Å². The Hall–Kier alpha value is 0.177. The molecule has 0 rings (SSSR count). The second-order valence-electron chi connectivity index (χ2n) is 5.08. The number of rotatable bonds is 8. The van der Waals surface area contributed by atoms with Crippen molar-refractivity contribution < 1.29 is 4.43 Å². The Bertz CT molecular complexity index is 118. The molecule has 0 bridgehead atoms. The lowest BCUT2D eigenvalue weighted by molar-refractivity contribution is 0.138. The first-order valence-electron chi connectivity index (χ1n) is 6.20. The van der Waals surface area contributed by atoms with Gasteiger partial charge in [-0.15, -0.1) is 0 Å². The molecule has 0 aliphatic rings. The van der Waals surface area contributed by atoms with Gasteiger partial charge in [0, 0.05) is 5.60 Å². The molecule has 0 unspecified atom stereocenters. The number of hydrogen-bond acceptors (Lipinski definition) is 1. The molecule has 0 aliphatic heterocycles. The molecule has 0 aliphatic carbocycles. The van der Waals surface area contributed by atoms with Gasteiger partial charge in [0.15, 0.2) is 9.76 Å². The minimum atomic E-state index is -0.232. The number of unbranched alkanes of at least 4 members (excludes halogenated alkanes) is 5. The molecular formula is C12H28OSi. The molecule has 2 heteroatoms. The third kappa shape index (κ3) is 12.2. The van der Waals surface area contributed by atoms with Gasteiger partial charge in [-0.2, -0.15) is 0 Å². The first-order valence-corrected chi connectivity index (χ1v) is 7.78. The zero-order valence-electron chi connectivity index (χ0n) is 10.6. The average molecular weight is 216 g/mol. The van der Waals surface area contributed by atoms with Gasteiger partial charge < -0.3 is 4.43 Å². The molecule has 0 saturated carbocycles. The topological polar surface area (TPSA) is 9.23 Å². The third-order valence-electron chi connectivity index (χ3n) is 2.28. The van der Waals surface area contributed by atoms with Crippen molar-refractivity contribution in [3.8, 4) is 0 Å².